The molecule has 3 N–H and O–H groups in total. The van der Waals surface area contributed by atoms with Gasteiger partial charge in [-0.05, 0) is 30.5 Å². The zero-order valence-corrected chi connectivity index (χ0v) is 11.9. The number of nitrogens with zero attached hydrogens (tertiary/aromatic N) is 2. The molecule has 1 aromatic rings. The number of anilines is 1. The van der Waals surface area contributed by atoms with Gasteiger partial charge in [0.15, 0.2) is 0 Å². The van der Waals surface area contributed by atoms with Crippen LogP contribution >= 0.6 is 0 Å². The normalized spacial score (nSPS) is 21.4. The third-order valence-corrected chi connectivity index (χ3v) is 4.82. The number of nitrogens with one attached hydrogen (secondary N) is 1. The van der Waals surface area contributed by atoms with E-state index in [4.69, 9.17) is 5.73 Å². The van der Waals surface area contributed by atoms with Crippen LogP contribution in [0.1, 0.15) is 18.4 Å². The summed E-state index contributed by atoms with van der Waals surface area (Å²) in [5.41, 5.74) is 8.05. The molecule has 2 fully saturated rings. The van der Waals surface area contributed by atoms with Crippen LogP contribution in [0.15, 0.2) is 24.3 Å². The second kappa shape index (κ2) is 4.98. The highest BCUT2D eigenvalue weighted by molar-refractivity contribution is 5.77. The van der Waals surface area contributed by atoms with Gasteiger partial charge in [0.25, 0.3) is 0 Å². The van der Waals surface area contributed by atoms with E-state index in [-0.39, 0.29) is 11.6 Å². The van der Waals surface area contributed by atoms with Crippen LogP contribution in [-0.2, 0) is 6.54 Å². The zero-order valence-electron chi connectivity index (χ0n) is 11.9. The highest BCUT2D eigenvalue weighted by Gasteiger charge is 2.44. The molecule has 0 saturated carbocycles. The molecule has 2 aliphatic rings. The molecule has 0 aliphatic carbocycles. The van der Waals surface area contributed by atoms with Crippen molar-refractivity contribution >= 4 is 11.7 Å². The maximum Gasteiger partial charge on any atom is 0.317 e. The third-order valence-electron chi connectivity index (χ3n) is 4.82. The molecule has 0 unspecified atom stereocenters. The zero-order chi connectivity index (χ0) is 14.2. The number of benzene rings is 1. The van der Waals surface area contributed by atoms with Crippen LogP contribution in [0.5, 0.6) is 0 Å². The summed E-state index contributed by atoms with van der Waals surface area (Å²) in [4.78, 5) is 15.9. The molecule has 2 aliphatic heterocycles. The van der Waals surface area contributed by atoms with Crippen LogP contribution in [-0.4, -0.2) is 43.2 Å². The standard InChI is InChI=1S/C15H22N4O/c1-18-14(20)17-11-15(18)6-8-19(9-7-15)13-4-2-12(10-16)3-5-13/h2-5H,6-11,16H2,1H3,(H,17,20). The first-order chi connectivity index (χ1) is 9.64. The molecule has 0 aromatic heterocycles. The Labute approximate surface area is 119 Å². The highest BCUT2D eigenvalue weighted by Crippen LogP contribution is 2.32. The van der Waals surface area contributed by atoms with Gasteiger partial charge in [0.2, 0.25) is 0 Å². The lowest BCUT2D eigenvalue weighted by Crippen LogP contribution is -2.53. The van der Waals surface area contributed by atoms with Crippen molar-refractivity contribution in [2.24, 2.45) is 5.73 Å². The number of likely N-dealkylation sites (N-methyl/N-ethyl adjacent to an activating group) is 1. The van der Waals surface area contributed by atoms with Gasteiger partial charge in [-0.3, -0.25) is 0 Å². The average molecular weight is 274 g/mol. The first kappa shape index (κ1) is 13.2. The molecule has 2 saturated heterocycles. The van der Waals surface area contributed by atoms with Gasteiger partial charge >= 0.3 is 6.03 Å². The van der Waals surface area contributed by atoms with E-state index >= 15 is 0 Å². The summed E-state index contributed by atoms with van der Waals surface area (Å²) >= 11 is 0. The third kappa shape index (κ3) is 2.12. The molecule has 0 atom stereocenters. The van der Waals surface area contributed by atoms with E-state index in [1.807, 2.05) is 11.9 Å². The van der Waals surface area contributed by atoms with Gasteiger partial charge in [-0.1, -0.05) is 12.1 Å². The SMILES string of the molecule is CN1C(=O)NCC12CCN(c1ccc(CN)cc1)CC2. The molecule has 0 bridgehead atoms. The fraction of sp³-hybridized carbons (Fsp3) is 0.533. The lowest BCUT2D eigenvalue weighted by Gasteiger charge is -2.43. The van der Waals surface area contributed by atoms with Crippen molar-refractivity contribution in [1.82, 2.24) is 10.2 Å². The number of piperidine rings is 1. The lowest BCUT2D eigenvalue weighted by molar-refractivity contribution is 0.155. The minimum atomic E-state index is 0.0186. The van der Waals surface area contributed by atoms with Crippen molar-refractivity contribution in [3.05, 3.63) is 29.8 Å². The van der Waals surface area contributed by atoms with E-state index in [9.17, 15) is 4.79 Å². The average Bonchev–Trinajstić information content (AvgIpc) is 2.77. The van der Waals surface area contributed by atoms with E-state index in [0.29, 0.717) is 6.54 Å². The molecule has 5 nitrogen and oxygen atoms in total. The van der Waals surface area contributed by atoms with Gasteiger partial charge in [0, 0.05) is 38.9 Å². The lowest BCUT2D eigenvalue weighted by atomic mass is 9.87. The van der Waals surface area contributed by atoms with Gasteiger partial charge in [-0.2, -0.15) is 0 Å². The maximum atomic E-state index is 11.7. The first-order valence-electron chi connectivity index (χ1n) is 7.20. The Bertz CT molecular complexity index is 491. The van der Waals surface area contributed by atoms with Crippen molar-refractivity contribution in [3.8, 4) is 0 Å². The number of carbonyl (C=O) groups excluding carboxylic acids is 1. The summed E-state index contributed by atoms with van der Waals surface area (Å²) < 4.78 is 0. The van der Waals surface area contributed by atoms with E-state index in [1.165, 1.54) is 5.69 Å². The number of amides is 2. The first-order valence-corrected chi connectivity index (χ1v) is 7.20. The Balaban J connectivity index is 1.67. The molecule has 108 valence electrons. The summed E-state index contributed by atoms with van der Waals surface area (Å²) in [6.45, 7) is 3.34. The Morgan fingerprint density at radius 2 is 1.90 bits per heavy atom. The van der Waals surface area contributed by atoms with Gasteiger partial charge < -0.3 is 20.9 Å². The van der Waals surface area contributed by atoms with Crippen molar-refractivity contribution in [2.45, 2.75) is 24.9 Å². The Kier molecular flexibility index (Phi) is 3.30. The highest BCUT2D eigenvalue weighted by atomic mass is 16.2. The Morgan fingerprint density at radius 1 is 1.25 bits per heavy atom. The minimum absolute atomic E-state index is 0.0186. The fourth-order valence-corrected chi connectivity index (χ4v) is 3.23. The smallest absolute Gasteiger partial charge is 0.317 e. The molecule has 3 rings (SSSR count). The predicted molar refractivity (Wildman–Crippen MR) is 79.7 cm³/mol. The minimum Gasteiger partial charge on any atom is -0.371 e. The van der Waals surface area contributed by atoms with E-state index < -0.39 is 0 Å². The van der Waals surface area contributed by atoms with Crippen LogP contribution in [0.4, 0.5) is 10.5 Å². The summed E-state index contributed by atoms with van der Waals surface area (Å²) in [6, 6.07) is 8.52. The maximum absolute atomic E-state index is 11.7. The quantitative estimate of drug-likeness (QED) is 0.850. The number of carbonyl (C=O) groups is 1. The summed E-state index contributed by atoms with van der Waals surface area (Å²) in [5, 5.41) is 2.95. The second-order valence-electron chi connectivity index (χ2n) is 5.80. The van der Waals surface area contributed by atoms with Crippen molar-refractivity contribution in [2.75, 3.05) is 31.6 Å². The monoisotopic (exact) mass is 274 g/mol. The number of urea groups is 1. The topological polar surface area (TPSA) is 61.6 Å². The molecule has 5 heteroatoms. The molecular formula is C15H22N4O. The van der Waals surface area contributed by atoms with E-state index in [1.54, 1.807) is 0 Å². The number of hydrogen-bond acceptors (Lipinski definition) is 3. The molecule has 1 spiro atoms. The number of hydrogen-bond donors (Lipinski definition) is 2. The van der Waals surface area contributed by atoms with Crippen molar-refractivity contribution < 1.29 is 4.79 Å². The molecule has 20 heavy (non-hydrogen) atoms. The van der Waals surface area contributed by atoms with Crippen LogP contribution in [0.3, 0.4) is 0 Å². The molecular weight excluding hydrogens is 252 g/mol. The molecule has 1 aromatic carbocycles. The van der Waals surface area contributed by atoms with Crippen LogP contribution < -0.4 is 16.0 Å². The molecule has 2 heterocycles. The second-order valence-corrected chi connectivity index (χ2v) is 5.80. The fourth-order valence-electron chi connectivity index (χ4n) is 3.23. The van der Waals surface area contributed by atoms with Crippen LogP contribution in [0, 0.1) is 0 Å². The van der Waals surface area contributed by atoms with Gasteiger partial charge in [0.05, 0.1) is 5.54 Å². The Morgan fingerprint density at radius 3 is 2.40 bits per heavy atom. The van der Waals surface area contributed by atoms with Crippen molar-refractivity contribution in [1.29, 1.82) is 0 Å². The summed E-state index contributed by atoms with van der Waals surface area (Å²) in [7, 11) is 1.91. The van der Waals surface area contributed by atoms with E-state index in [2.05, 4.69) is 34.5 Å². The molecule has 2 amide bonds. The summed E-state index contributed by atoms with van der Waals surface area (Å²) in [5.74, 6) is 0. The molecule has 0 radical (unpaired) electrons. The van der Waals surface area contributed by atoms with Gasteiger partial charge in [0.1, 0.15) is 0 Å². The van der Waals surface area contributed by atoms with Gasteiger partial charge in [-0.15, -0.1) is 0 Å². The Hall–Kier alpha value is -1.75. The van der Waals surface area contributed by atoms with E-state index in [0.717, 1.165) is 38.0 Å². The van der Waals surface area contributed by atoms with Crippen molar-refractivity contribution in [3.63, 3.8) is 0 Å². The largest absolute Gasteiger partial charge is 0.371 e. The number of rotatable bonds is 2. The summed E-state index contributed by atoms with van der Waals surface area (Å²) in [6.07, 6.45) is 2.03. The predicted octanol–water partition coefficient (Wildman–Crippen LogP) is 1.14. The van der Waals surface area contributed by atoms with Crippen LogP contribution in [0.25, 0.3) is 0 Å². The number of nitrogens with two attached hydrogens (primary N) is 1. The van der Waals surface area contributed by atoms with Gasteiger partial charge in [-0.25, -0.2) is 4.79 Å². The van der Waals surface area contributed by atoms with Crippen LogP contribution in [0.2, 0.25) is 0 Å².